The number of para-hydroxylation sites is 1. The van der Waals surface area contributed by atoms with Crippen LogP contribution in [0, 0.1) is 19.8 Å². The Morgan fingerprint density at radius 2 is 1.64 bits per heavy atom. The number of allylic oxidation sites excluding steroid dienone is 1. The Kier molecular flexibility index (Phi) is 7.66. The fourth-order valence-corrected chi connectivity index (χ4v) is 8.02. The van der Waals surface area contributed by atoms with Gasteiger partial charge in [0.1, 0.15) is 23.1 Å². The molecule has 0 fully saturated rings. The minimum Gasteiger partial charge on any atom is -0.497 e. The number of aromatic nitrogens is 4. The van der Waals surface area contributed by atoms with Crippen LogP contribution in [-0.4, -0.2) is 37.9 Å². The molecule has 0 bridgehead atoms. The van der Waals surface area contributed by atoms with E-state index in [0.717, 1.165) is 56.3 Å². The van der Waals surface area contributed by atoms with Crippen molar-refractivity contribution in [3.8, 4) is 28.8 Å². The molecule has 1 aliphatic rings. The molecule has 0 N–H and O–H groups in total. The highest BCUT2D eigenvalue weighted by Gasteiger charge is 2.32. The van der Waals surface area contributed by atoms with E-state index in [2.05, 4.69) is 103 Å². The number of benzene rings is 3. The van der Waals surface area contributed by atoms with E-state index in [1.165, 1.54) is 23.3 Å². The van der Waals surface area contributed by atoms with E-state index in [0.29, 0.717) is 17.1 Å². The second-order valence-electron chi connectivity index (χ2n) is 12.1. The molecule has 228 valence electrons. The molecular formula is C38H38N4O2S. The Morgan fingerprint density at radius 3 is 2.44 bits per heavy atom. The molecule has 6 aromatic rings. The molecule has 0 radical (unpaired) electrons. The Hall–Kier alpha value is -4.49. The van der Waals surface area contributed by atoms with Gasteiger partial charge in [-0.25, -0.2) is 9.67 Å². The largest absolute Gasteiger partial charge is 0.497 e. The summed E-state index contributed by atoms with van der Waals surface area (Å²) in [5.41, 5.74) is 8.17. The SMILES string of the molecule is COc1ccnc(-n2c3ccccc3c3ccc(Oc4cccc(-n5nc(C)c([C@@H]6C(C)=CC(SC)C[C@@H]6C)c5C)c4)cc32)c1. The van der Waals surface area contributed by atoms with Crippen molar-refractivity contribution < 1.29 is 9.47 Å². The molecule has 6 nitrogen and oxygen atoms in total. The summed E-state index contributed by atoms with van der Waals surface area (Å²) in [7, 11) is 1.67. The van der Waals surface area contributed by atoms with Crippen molar-refractivity contribution in [2.45, 2.75) is 45.3 Å². The third-order valence-electron chi connectivity index (χ3n) is 9.20. The summed E-state index contributed by atoms with van der Waals surface area (Å²) in [5.74, 6) is 4.01. The van der Waals surface area contributed by atoms with Crippen molar-refractivity contribution in [3.05, 3.63) is 114 Å². The van der Waals surface area contributed by atoms with Gasteiger partial charge in [-0.2, -0.15) is 16.9 Å². The van der Waals surface area contributed by atoms with Gasteiger partial charge in [0, 0.05) is 57.6 Å². The molecular weight excluding hydrogens is 577 g/mol. The zero-order valence-corrected chi connectivity index (χ0v) is 27.4. The van der Waals surface area contributed by atoms with Gasteiger partial charge in [-0.15, -0.1) is 0 Å². The summed E-state index contributed by atoms with van der Waals surface area (Å²) in [4.78, 5) is 4.69. The molecule has 3 aromatic heterocycles. The van der Waals surface area contributed by atoms with Gasteiger partial charge in [-0.3, -0.25) is 4.57 Å². The van der Waals surface area contributed by atoms with Crippen LogP contribution in [0.5, 0.6) is 17.2 Å². The smallest absolute Gasteiger partial charge is 0.141 e. The Bertz CT molecular complexity index is 2070. The molecule has 0 aliphatic heterocycles. The van der Waals surface area contributed by atoms with Crippen molar-refractivity contribution in [1.29, 1.82) is 0 Å². The molecule has 3 heterocycles. The quantitative estimate of drug-likeness (QED) is 0.168. The molecule has 45 heavy (non-hydrogen) atoms. The summed E-state index contributed by atoms with van der Waals surface area (Å²) >= 11 is 1.94. The average molecular weight is 615 g/mol. The highest BCUT2D eigenvalue weighted by Crippen LogP contribution is 2.44. The third kappa shape index (κ3) is 5.19. The van der Waals surface area contributed by atoms with Crippen LogP contribution in [0.3, 0.4) is 0 Å². The van der Waals surface area contributed by atoms with Crippen LogP contribution in [0.4, 0.5) is 0 Å². The number of aryl methyl sites for hydroxylation is 1. The van der Waals surface area contributed by atoms with Crippen LogP contribution in [0.25, 0.3) is 33.3 Å². The highest BCUT2D eigenvalue weighted by atomic mass is 32.2. The minimum atomic E-state index is 0.388. The number of ether oxygens (including phenoxy) is 2. The van der Waals surface area contributed by atoms with E-state index >= 15 is 0 Å². The first-order valence-corrected chi connectivity index (χ1v) is 16.7. The number of methoxy groups -OCH3 is 1. The summed E-state index contributed by atoms with van der Waals surface area (Å²) in [6.45, 7) is 9.01. The molecule has 0 amide bonds. The first-order valence-electron chi connectivity index (χ1n) is 15.5. The Labute approximate surface area is 268 Å². The summed E-state index contributed by atoms with van der Waals surface area (Å²) < 4.78 is 16.3. The maximum absolute atomic E-state index is 6.52. The molecule has 0 spiro atoms. The normalized spacial score (nSPS) is 18.4. The van der Waals surface area contributed by atoms with Gasteiger partial charge in [-0.05, 0) is 75.8 Å². The molecule has 7 heteroatoms. The van der Waals surface area contributed by atoms with Crippen LogP contribution >= 0.6 is 11.8 Å². The van der Waals surface area contributed by atoms with E-state index in [1.807, 2.05) is 42.1 Å². The average Bonchev–Trinajstić information content (AvgIpc) is 3.53. The van der Waals surface area contributed by atoms with E-state index in [1.54, 1.807) is 13.3 Å². The fraction of sp³-hybridized carbons (Fsp3) is 0.263. The van der Waals surface area contributed by atoms with Crippen LogP contribution in [0.2, 0.25) is 0 Å². The van der Waals surface area contributed by atoms with E-state index in [4.69, 9.17) is 14.6 Å². The predicted molar refractivity (Wildman–Crippen MR) is 186 cm³/mol. The minimum absolute atomic E-state index is 0.388. The van der Waals surface area contributed by atoms with Crippen LogP contribution in [0.15, 0.2) is 96.7 Å². The standard InChI is InChI=1S/C38H38N4O2S/c1-23-18-31(45-6)19-24(2)37(23)38-25(3)40-42(26(38)4)27-10-9-11-29(20-27)44-30-14-15-33-32-12-7-8-13-34(32)41(35(33)21-30)36-22-28(43-5)16-17-39-36/h7-18,20-22,24,31,37H,19H2,1-6H3/t24-,31?,37+/m0/s1. The first-order chi connectivity index (χ1) is 21.9. The summed E-state index contributed by atoms with van der Waals surface area (Å²) in [6.07, 6.45) is 7.63. The monoisotopic (exact) mass is 614 g/mol. The van der Waals surface area contributed by atoms with E-state index in [9.17, 15) is 0 Å². The summed E-state index contributed by atoms with van der Waals surface area (Å²) in [5, 5.41) is 7.93. The molecule has 1 unspecified atom stereocenters. The topological polar surface area (TPSA) is 54.1 Å². The Balaban J connectivity index is 1.25. The number of nitrogens with zero attached hydrogens (tertiary/aromatic N) is 4. The molecule has 0 saturated carbocycles. The van der Waals surface area contributed by atoms with Gasteiger partial charge in [0.2, 0.25) is 0 Å². The van der Waals surface area contributed by atoms with Crippen LogP contribution in [0.1, 0.15) is 43.1 Å². The predicted octanol–water partition coefficient (Wildman–Crippen LogP) is 9.58. The van der Waals surface area contributed by atoms with Crippen LogP contribution < -0.4 is 9.47 Å². The van der Waals surface area contributed by atoms with Gasteiger partial charge in [-0.1, -0.05) is 42.8 Å². The number of hydrogen-bond donors (Lipinski definition) is 0. The van der Waals surface area contributed by atoms with E-state index in [-0.39, 0.29) is 0 Å². The Morgan fingerprint density at radius 1 is 0.844 bits per heavy atom. The molecule has 3 atom stereocenters. The lowest BCUT2D eigenvalue weighted by atomic mass is 9.75. The lowest BCUT2D eigenvalue weighted by Crippen LogP contribution is -2.22. The molecule has 7 rings (SSSR count). The van der Waals surface area contributed by atoms with Gasteiger partial charge >= 0.3 is 0 Å². The number of fused-ring (bicyclic) bond motifs is 3. The van der Waals surface area contributed by atoms with Crippen LogP contribution in [-0.2, 0) is 0 Å². The van der Waals surface area contributed by atoms with Gasteiger partial charge in [0.15, 0.2) is 0 Å². The summed E-state index contributed by atoms with van der Waals surface area (Å²) in [6, 6.07) is 26.7. The van der Waals surface area contributed by atoms with Gasteiger partial charge in [0.25, 0.3) is 0 Å². The zero-order valence-electron chi connectivity index (χ0n) is 26.6. The molecule has 3 aromatic carbocycles. The van der Waals surface area contributed by atoms with Crippen molar-refractivity contribution >= 4 is 33.6 Å². The van der Waals surface area contributed by atoms with Crippen molar-refractivity contribution in [2.75, 3.05) is 13.4 Å². The first kappa shape index (κ1) is 29.2. The number of thioether (sulfide) groups is 1. The van der Waals surface area contributed by atoms with E-state index < -0.39 is 0 Å². The fourth-order valence-electron chi connectivity index (χ4n) is 7.17. The highest BCUT2D eigenvalue weighted by molar-refractivity contribution is 7.99. The maximum Gasteiger partial charge on any atom is 0.141 e. The third-order valence-corrected chi connectivity index (χ3v) is 10.1. The second kappa shape index (κ2) is 11.8. The van der Waals surface area contributed by atoms with Gasteiger partial charge < -0.3 is 9.47 Å². The molecule has 0 saturated heterocycles. The number of pyridine rings is 1. The van der Waals surface area contributed by atoms with Crippen molar-refractivity contribution in [2.24, 2.45) is 5.92 Å². The van der Waals surface area contributed by atoms with Crippen molar-refractivity contribution in [3.63, 3.8) is 0 Å². The number of hydrogen-bond acceptors (Lipinski definition) is 5. The van der Waals surface area contributed by atoms with Crippen molar-refractivity contribution in [1.82, 2.24) is 19.3 Å². The lowest BCUT2D eigenvalue weighted by Gasteiger charge is -2.33. The zero-order chi connectivity index (χ0) is 31.2. The molecule has 1 aliphatic carbocycles. The maximum atomic E-state index is 6.52. The lowest BCUT2D eigenvalue weighted by molar-refractivity contribution is 0.414. The number of rotatable bonds is 7. The second-order valence-corrected chi connectivity index (χ2v) is 13.1. The van der Waals surface area contributed by atoms with Gasteiger partial charge in [0.05, 0.1) is 29.5 Å².